The zero-order valence-corrected chi connectivity index (χ0v) is 10.1. The molecule has 0 bridgehead atoms. The van der Waals surface area contributed by atoms with E-state index < -0.39 is 0 Å². The van der Waals surface area contributed by atoms with Gasteiger partial charge < -0.3 is 4.90 Å². The van der Waals surface area contributed by atoms with Gasteiger partial charge in [-0.1, -0.05) is 30.3 Å². The number of carbonyl (C=O) groups excluding carboxylic acids is 2. The SMILES string of the molecule is CC(=O)N1CCC(=O)CC1Cc1ccccc1. The number of carbonyl (C=O) groups is 2. The second-order valence-corrected chi connectivity index (χ2v) is 4.55. The van der Waals surface area contributed by atoms with Gasteiger partial charge in [-0.05, 0) is 12.0 Å². The lowest BCUT2D eigenvalue weighted by Gasteiger charge is -2.34. The van der Waals surface area contributed by atoms with Crippen LogP contribution in [-0.2, 0) is 16.0 Å². The van der Waals surface area contributed by atoms with Gasteiger partial charge in [-0.25, -0.2) is 0 Å². The lowest BCUT2D eigenvalue weighted by molar-refractivity contribution is -0.135. The van der Waals surface area contributed by atoms with Gasteiger partial charge in [-0.3, -0.25) is 9.59 Å². The molecule has 1 aromatic carbocycles. The Labute approximate surface area is 101 Å². The quantitative estimate of drug-likeness (QED) is 0.778. The first-order valence-corrected chi connectivity index (χ1v) is 5.99. The first-order chi connectivity index (χ1) is 8.16. The van der Waals surface area contributed by atoms with Crippen LogP contribution in [0.5, 0.6) is 0 Å². The standard InChI is InChI=1S/C14H17NO2/c1-11(16)15-8-7-14(17)10-13(15)9-12-5-3-2-4-6-12/h2-6,13H,7-10H2,1H3. The lowest BCUT2D eigenvalue weighted by Crippen LogP contribution is -2.46. The molecule has 1 atom stereocenters. The highest BCUT2D eigenvalue weighted by Gasteiger charge is 2.28. The molecule has 0 saturated carbocycles. The van der Waals surface area contributed by atoms with E-state index in [1.165, 1.54) is 5.56 Å². The van der Waals surface area contributed by atoms with Gasteiger partial charge in [0.25, 0.3) is 0 Å². The number of nitrogens with zero attached hydrogens (tertiary/aromatic N) is 1. The van der Waals surface area contributed by atoms with E-state index in [9.17, 15) is 9.59 Å². The van der Waals surface area contributed by atoms with Crippen molar-refractivity contribution in [2.24, 2.45) is 0 Å². The van der Waals surface area contributed by atoms with E-state index in [-0.39, 0.29) is 17.7 Å². The number of piperidine rings is 1. The lowest BCUT2D eigenvalue weighted by atomic mass is 9.95. The first-order valence-electron chi connectivity index (χ1n) is 5.99. The number of benzene rings is 1. The molecule has 0 radical (unpaired) electrons. The fourth-order valence-corrected chi connectivity index (χ4v) is 2.39. The molecular formula is C14H17NO2. The fourth-order valence-electron chi connectivity index (χ4n) is 2.39. The van der Waals surface area contributed by atoms with Crippen molar-refractivity contribution in [3.8, 4) is 0 Å². The van der Waals surface area contributed by atoms with Crippen molar-refractivity contribution in [3.05, 3.63) is 35.9 Å². The van der Waals surface area contributed by atoms with Crippen LogP contribution in [0.15, 0.2) is 30.3 Å². The van der Waals surface area contributed by atoms with Gasteiger partial charge in [0.2, 0.25) is 5.91 Å². The van der Waals surface area contributed by atoms with E-state index >= 15 is 0 Å². The smallest absolute Gasteiger partial charge is 0.219 e. The summed E-state index contributed by atoms with van der Waals surface area (Å²) in [5, 5.41) is 0. The van der Waals surface area contributed by atoms with Crippen molar-refractivity contribution in [3.63, 3.8) is 0 Å². The third-order valence-corrected chi connectivity index (χ3v) is 3.25. The van der Waals surface area contributed by atoms with Crippen molar-refractivity contribution >= 4 is 11.7 Å². The van der Waals surface area contributed by atoms with Crippen LogP contribution < -0.4 is 0 Å². The Hall–Kier alpha value is -1.64. The Morgan fingerprint density at radius 2 is 2.06 bits per heavy atom. The number of Topliss-reactive ketones (excluding diaryl/α,β-unsaturated/α-hetero) is 1. The molecule has 1 amide bonds. The van der Waals surface area contributed by atoms with E-state index in [1.807, 2.05) is 35.2 Å². The van der Waals surface area contributed by atoms with Gasteiger partial charge >= 0.3 is 0 Å². The number of ketones is 1. The predicted octanol–water partition coefficient (Wildman–Crippen LogP) is 1.81. The second kappa shape index (κ2) is 5.13. The van der Waals surface area contributed by atoms with Crippen LogP contribution in [0.3, 0.4) is 0 Å². The molecule has 1 unspecified atom stereocenters. The number of hydrogen-bond donors (Lipinski definition) is 0. The van der Waals surface area contributed by atoms with Gasteiger partial charge in [0, 0.05) is 32.4 Å². The summed E-state index contributed by atoms with van der Waals surface area (Å²) in [6.07, 6.45) is 1.77. The molecule has 2 rings (SSSR count). The average Bonchev–Trinajstić information content (AvgIpc) is 2.30. The van der Waals surface area contributed by atoms with Gasteiger partial charge in [0.1, 0.15) is 5.78 Å². The monoisotopic (exact) mass is 231 g/mol. The maximum Gasteiger partial charge on any atom is 0.219 e. The molecule has 1 aliphatic heterocycles. The summed E-state index contributed by atoms with van der Waals surface area (Å²) in [5.41, 5.74) is 1.18. The van der Waals surface area contributed by atoms with E-state index in [1.54, 1.807) is 6.92 Å². The highest BCUT2D eigenvalue weighted by Crippen LogP contribution is 2.18. The minimum absolute atomic E-state index is 0.0381. The summed E-state index contributed by atoms with van der Waals surface area (Å²) in [7, 11) is 0. The van der Waals surface area contributed by atoms with Gasteiger partial charge in [0.15, 0.2) is 0 Å². The summed E-state index contributed by atoms with van der Waals surface area (Å²) in [4.78, 5) is 24.8. The zero-order chi connectivity index (χ0) is 12.3. The molecule has 3 nitrogen and oxygen atoms in total. The summed E-state index contributed by atoms with van der Waals surface area (Å²) in [6.45, 7) is 2.15. The van der Waals surface area contributed by atoms with Crippen LogP contribution >= 0.6 is 0 Å². The minimum atomic E-state index is 0.0381. The van der Waals surface area contributed by atoms with Gasteiger partial charge in [-0.15, -0.1) is 0 Å². The third kappa shape index (κ3) is 2.93. The zero-order valence-electron chi connectivity index (χ0n) is 10.1. The van der Waals surface area contributed by atoms with E-state index in [0.717, 1.165) is 6.42 Å². The Balaban J connectivity index is 2.10. The molecule has 0 aliphatic carbocycles. The largest absolute Gasteiger partial charge is 0.339 e. The third-order valence-electron chi connectivity index (χ3n) is 3.25. The molecule has 0 aromatic heterocycles. The van der Waals surface area contributed by atoms with Crippen molar-refractivity contribution in [2.75, 3.05) is 6.54 Å². The number of rotatable bonds is 2. The van der Waals surface area contributed by atoms with Crippen molar-refractivity contribution in [2.45, 2.75) is 32.2 Å². The van der Waals surface area contributed by atoms with Crippen LogP contribution in [0.1, 0.15) is 25.3 Å². The maximum absolute atomic E-state index is 11.5. The Kier molecular flexibility index (Phi) is 3.57. The molecule has 1 aliphatic rings. The molecule has 1 aromatic rings. The van der Waals surface area contributed by atoms with Crippen LogP contribution in [0, 0.1) is 0 Å². The molecular weight excluding hydrogens is 214 g/mol. The van der Waals surface area contributed by atoms with Gasteiger partial charge in [-0.2, -0.15) is 0 Å². The Morgan fingerprint density at radius 3 is 2.71 bits per heavy atom. The Morgan fingerprint density at radius 1 is 1.35 bits per heavy atom. The summed E-state index contributed by atoms with van der Waals surface area (Å²) in [6, 6.07) is 10.1. The molecule has 1 saturated heterocycles. The van der Waals surface area contributed by atoms with Crippen LogP contribution in [0.4, 0.5) is 0 Å². The first kappa shape index (κ1) is 11.8. The molecule has 0 spiro atoms. The summed E-state index contributed by atoms with van der Waals surface area (Å²) in [5.74, 6) is 0.335. The highest BCUT2D eigenvalue weighted by molar-refractivity contribution is 5.83. The molecule has 90 valence electrons. The molecule has 1 fully saturated rings. The van der Waals surface area contributed by atoms with Crippen LogP contribution in [0.2, 0.25) is 0 Å². The summed E-state index contributed by atoms with van der Waals surface area (Å²) >= 11 is 0. The van der Waals surface area contributed by atoms with E-state index in [2.05, 4.69) is 0 Å². The van der Waals surface area contributed by atoms with Crippen molar-refractivity contribution < 1.29 is 9.59 Å². The van der Waals surface area contributed by atoms with E-state index in [4.69, 9.17) is 0 Å². The van der Waals surface area contributed by atoms with Crippen LogP contribution in [-0.4, -0.2) is 29.2 Å². The minimum Gasteiger partial charge on any atom is -0.339 e. The Bertz CT molecular complexity index is 413. The maximum atomic E-state index is 11.5. The normalized spacial score (nSPS) is 20.4. The number of likely N-dealkylation sites (tertiary alicyclic amines) is 1. The predicted molar refractivity (Wildman–Crippen MR) is 65.6 cm³/mol. The molecule has 0 N–H and O–H groups in total. The molecule has 1 heterocycles. The molecule has 3 heteroatoms. The highest BCUT2D eigenvalue weighted by atomic mass is 16.2. The van der Waals surface area contributed by atoms with E-state index in [0.29, 0.717) is 19.4 Å². The topological polar surface area (TPSA) is 37.4 Å². The van der Waals surface area contributed by atoms with Crippen molar-refractivity contribution in [1.82, 2.24) is 4.90 Å². The van der Waals surface area contributed by atoms with Crippen LogP contribution in [0.25, 0.3) is 0 Å². The summed E-state index contributed by atoms with van der Waals surface area (Å²) < 4.78 is 0. The average molecular weight is 231 g/mol. The second-order valence-electron chi connectivity index (χ2n) is 4.55. The molecule has 17 heavy (non-hydrogen) atoms. The number of hydrogen-bond acceptors (Lipinski definition) is 2. The van der Waals surface area contributed by atoms with Gasteiger partial charge in [0.05, 0.1) is 0 Å². The number of amides is 1. The fraction of sp³-hybridized carbons (Fsp3) is 0.429. The van der Waals surface area contributed by atoms with Crippen molar-refractivity contribution in [1.29, 1.82) is 0 Å².